The molecule has 5 nitrogen and oxygen atoms in total. The first-order valence-electron chi connectivity index (χ1n) is 4.37. The van der Waals surface area contributed by atoms with Gasteiger partial charge >= 0.3 is 0 Å². The second-order valence-electron chi connectivity index (χ2n) is 2.90. The molecule has 1 aromatic rings. The molecule has 1 amide bonds. The zero-order chi connectivity index (χ0) is 10.4. The van der Waals surface area contributed by atoms with Gasteiger partial charge in [-0.1, -0.05) is 6.58 Å². The molecule has 1 heterocycles. The monoisotopic (exact) mass is 194 g/mol. The molecule has 1 aromatic heterocycles. The highest BCUT2D eigenvalue weighted by Gasteiger charge is 1.97. The van der Waals surface area contributed by atoms with Crippen molar-refractivity contribution in [2.24, 2.45) is 5.73 Å². The van der Waals surface area contributed by atoms with Crippen LogP contribution in [0.2, 0.25) is 0 Å². The molecule has 0 saturated heterocycles. The third-order valence-electron chi connectivity index (χ3n) is 1.72. The molecule has 0 unspecified atom stereocenters. The van der Waals surface area contributed by atoms with Gasteiger partial charge in [0.05, 0.1) is 6.20 Å². The maximum absolute atomic E-state index is 10.4. The normalized spacial score (nSPS) is 10.0. The van der Waals surface area contributed by atoms with Crippen molar-refractivity contribution in [2.75, 3.05) is 6.54 Å². The van der Waals surface area contributed by atoms with Crippen LogP contribution in [0.5, 0.6) is 0 Å². The smallest absolute Gasteiger partial charge is 0.218 e. The Hall–Kier alpha value is -1.62. The highest BCUT2D eigenvalue weighted by atomic mass is 16.1. The highest BCUT2D eigenvalue weighted by Crippen LogP contribution is 1.96. The number of aromatic nitrogens is 2. The van der Waals surface area contributed by atoms with Crippen molar-refractivity contribution in [1.29, 1.82) is 0 Å². The van der Waals surface area contributed by atoms with Gasteiger partial charge < -0.3 is 11.1 Å². The Morgan fingerprint density at radius 1 is 1.79 bits per heavy atom. The summed E-state index contributed by atoms with van der Waals surface area (Å²) in [7, 11) is 0. The molecule has 0 aliphatic rings. The predicted octanol–water partition coefficient (Wildman–Crippen LogP) is -0.0514. The number of rotatable bonds is 6. The lowest BCUT2D eigenvalue weighted by atomic mass is 10.3. The van der Waals surface area contributed by atoms with Gasteiger partial charge in [0.2, 0.25) is 5.91 Å². The zero-order valence-corrected chi connectivity index (χ0v) is 7.94. The summed E-state index contributed by atoms with van der Waals surface area (Å²) in [4.78, 5) is 10.4. The Labute approximate surface area is 82.6 Å². The number of amides is 1. The van der Waals surface area contributed by atoms with Gasteiger partial charge in [0.15, 0.2) is 0 Å². The van der Waals surface area contributed by atoms with Gasteiger partial charge in [-0.2, -0.15) is 5.10 Å². The lowest BCUT2D eigenvalue weighted by Crippen LogP contribution is -2.21. The van der Waals surface area contributed by atoms with Gasteiger partial charge in [-0.3, -0.25) is 4.79 Å². The molecule has 0 saturated carbocycles. The maximum Gasteiger partial charge on any atom is 0.218 e. The summed E-state index contributed by atoms with van der Waals surface area (Å²) in [5.74, 6) is -0.292. The minimum absolute atomic E-state index is 0.292. The van der Waals surface area contributed by atoms with Crippen LogP contribution >= 0.6 is 0 Å². The third kappa shape index (κ3) is 3.40. The quantitative estimate of drug-likeness (QED) is 0.623. The second kappa shape index (κ2) is 5.18. The van der Waals surface area contributed by atoms with E-state index < -0.39 is 0 Å². The second-order valence-corrected chi connectivity index (χ2v) is 2.90. The number of primary amides is 1. The molecule has 0 aromatic carbocycles. The number of nitrogens with zero attached hydrogens (tertiary/aromatic N) is 2. The van der Waals surface area contributed by atoms with Crippen LogP contribution in [0.3, 0.4) is 0 Å². The van der Waals surface area contributed by atoms with Gasteiger partial charge in [0, 0.05) is 37.5 Å². The summed E-state index contributed by atoms with van der Waals surface area (Å²) in [6.07, 6.45) is 5.59. The number of hydrogen-bond donors (Lipinski definition) is 2. The van der Waals surface area contributed by atoms with E-state index in [0.717, 1.165) is 5.56 Å². The van der Waals surface area contributed by atoms with Gasteiger partial charge in [0.1, 0.15) is 0 Å². The minimum atomic E-state index is -0.292. The molecule has 76 valence electrons. The molecule has 0 fully saturated rings. The van der Waals surface area contributed by atoms with E-state index in [1.807, 2.05) is 6.20 Å². The predicted molar refractivity (Wildman–Crippen MR) is 54.1 cm³/mol. The Morgan fingerprint density at radius 3 is 3.14 bits per heavy atom. The van der Waals surface area contributed by atoms with Crippen molar-refractivity contribution < 1.29 is 4.79 Å². The fourth-order valence-electron chi connectivity index (χ4n) is 1.01. The first-order valence-corrected chi connectivity index (χ1v) is 4.37. The lowest BCUT2D eigenvalue weighted by molar-refractivity contribution is -0.117. The standard InChI is InChI=1S/C9H14N4O/c1-2-13-7-8(6-12-13)5-11-4-3-9(10)14/h2,6-7,11H,1,3-5H2,(H2,10,14). The number of nitrogens with one attached hydrogen (secondary N) is 1. The van der Waals surface area contributed by atoms with E-state index in [0.29, 0.717) is 19.5 Å². The van der Waals surface area contributed by atoms with E-state index >= 15 is 0 Å². The average molecular weight is 194 g/mol. The summed E-state index contributed by atoms with van der Waals surface area (Å²) in [6, 6.07) is 0. The van der Waals surface area contributed by atoms with Crippen LogP contribution in [0.15, 0.2) is 19.0 Å². The summed E-state index contributed by atoms with van der Waals surface area (Å²) in [5, 5.41) is 7.10. The molecule has 0 radical (unpaired) electrons. The van der Waals surface area contributed by atoms with E-state index in [-0.39, 0.29) is 5.91 Å². The van der Waals surface area contributed by atoms with Crippen molar-refractivity contribution in [3.63, 3.8) is 0 Å². The molecule has 0 bridgehead atoms. The third-order valence-corrected chi connectivity index (χ3v) is 1.72. The summed E-state index contributed by atoms with van der Waals surface area (Å²) in [6.45, 7) is 4.86. The lowest BCUT2D eigenvalue weighted by Gasteiger charge is -1.99. The number of carbonyl (C=O) groups is 1. The SMILES string of the molecule is C=Cn1cc(CNCCC(N)=O)cn1. The first-order chi connectivity index (χ1) is 6.72. The van der Waals surface area contributed by atoms with E-state index in [1.165, 1.54) is 0 Å². The summed E-state index contributed by atoms with van der Waals surface area (Å²) in [5.41, 5.74) is 6.04. The van der Waals surface area contributed by atoms with Crippen molar-refractivity contribution >= 4 is 12.1 Å². The zero-order valence-electron chi connectivity index (χ0n) is 7.94. The van der Waals surface area contributed by atoms with Gasteiger partial charge in [-0.15, -0.1) is 0 Å². The van der Waals surface area contributed by atoms with Crippen LogP contribution in [0, 0.1) is 0 Å². The average Bonchev–Trinajstić information content (AvgIpc) is 2.60. The van der Waals surface area contributed by atoms with Gasteiger partial charge in [-0.05, 0) is 0 Å². The van der Waals surface area contributed by atoms with E-state index in [4.69, 9.17) is 5.73 Å². The Balaban J connectivity index is 2.24. The van der Waals surface area contributed by atoms with Crippen LogP contribution in [0.25, 0.3) is 6.20 Å². The molecule has 5 heteroatoms. The van der Waals surface area contributed by atoms with Gasteiger partial charge in [0.25, 0.3) is 0 Å². The molecular formula is C9H14N4O. The molecular weight excluding hydrogens is 180 g/mol. The van der Waals surface area contributed by atoms with Crippen LogP contribution in [0.1, 0.15) is 12.0 Å². The number of nitrogens with two attached hydrogens (primary N) is 1. The molecule has 0 aliphatic heterocycles. The van der Waals surface area contributed by atoms with Crippen LogP contribution in [0.4, 0.5) is 0 Å². The fourth-order valence-corrected chi connectivity index (χ4v) is 1.01. The van der Waals surface area contributed by atoms with Crippen LogP contribution in [-0.2, 0) is 11.3 Å². The first kappa shape index (κ1) is 10.5. The van der Waals surface area contributed by atoms with Crippen molar-refractivity contribution in [2.45, 2.75) is 13.0 Å². The van der Waals surface area contributed by atoms with Crippen molar-refractivity contribution in [1.82, 2.24) is 15.1 Å². The van der Waals surface area contributed by atoms with E-state index in [2.05, 4.69) is 17.0 Å². The van der Waals surface area contributed by atoms with E-state index in [1.54, 1.807) is 17.1 Å². The topological polar surface area (TPSA) is 72.9 Å². The largest absolute Gasteiger partial charge is 0.370 e. The van der Waals surface area contributed by atoms with Crippen molar-refractivity contribution in [3.05, 3.63) is 24.5 Å². The summed E-state index contributed by atoms with van der Waals surface area (Å²) < 4.78 is 1.63. The Kier molecular flexibility index (Phi) is 3.87. The summed E-state index contributed by atoms with van der Waals surface area (Å²) >= 11 is 0. The maximum atomic E-state index is 10.4. The Bertz CT molecular complexity index is 318. The molecule has 0 atom stereocenters. The molecule has 0 aliphatic carbocycles. The van der Waals surface area contributed by atoms with Crippen LogP contribution in [-0.4, -0.2) is 22.2 Å². The number of hydrogen-bond acceptors (Lipinski definition) is 3. The van der Waals surface area contributed by atoms with Crippen molar-refractivity contribution in [3.8, 4) is 0 Å². The minimum Gasteiger partial charge on any atom is -0.370 e. The van der Waals surface area contributed by atoms with Crippen LogP contribution < -0.4 is 11.1 Å². The molecule has 0 spiro atoms. The highest BCUT2D eigenvalue weighted by molar-refractivity contribution is 5.73. The molecule has 14 heavy (non-hydrogen) atoms. The van der Waals surface area contributed by atoms with E-state index in [9.17, 15) is 4.79 Å². The molecule has 3 N–H and O–H groups in total. The van der Waals surface area contributed by atoms with Gasteiger partial charge in [-0.25, -0.2) is 4.68 Å². The fraction of sp³-hybridized carbons (Fsp3) is 0.333. The number of carbonyl (C=O) groups excluding carboxylic acids is 1. The Morgan fingerprint density at radius 2 is 2.57 bits per heavy atom. The molecule has 1 rings (SSSR count).